The van der Waals surface area contributed by atoms with Crippen molar-refractivity contribution in [2.45, 2.75) is 59.4 Å². The molecule has 1 amide bonds. The molecular formula is C13H26NO7P. The predicted octanol–water partition coefficient (Wildman–Crippen LogP) is 3.01. The van der Waals surface area contributed by atoms with E-state index in [4.69, 9.17) is 18.6 Å². The second-order valence-electron chi connectivity index (χ2n) is 5.58. The highest BCUT2D eigenvalue weighted by molar-refractivity contribution is 7.56. The highest BCUT2D eigenvalue weighted by atomic mass is 31.2. The second-order valence-corrected chi connectivity index (χ2v) is 7.94. The molecule has 0 aliphatic rings. The average Bonchev–Trinajstić information content (AvgIpc) is 2.34. The molecule has 0 spiro atoms. The molecule has 0 unspecified atom stereocenters. The van der Waals surface area contributed by atoms with Gasteiger partial charge in [-0.25, -0.2) is 9.63 Å². The van der Waals surface area contributed by atoms with E-state index in [0.29, 0.717) is 0 Å². The molecular weight excluding hydrogens is 313 g/mol. The maximum absolute atomic E-state index is 12.8. The van der Waals surface area contributed by atoms with Crippen LogP contribution < -0.4 is 5.48 Å². The van der Waals surface area contributed by atoms with E-state index < -0.39 is 30.4 Å². The van der Waals surface area contributed by atoms with Crippen molar-refractivity contribution in [3.63, 3.8) is 0 Å². The van der Waals surface area contributed by atoms with Gasteiger partial charge in [-0.05, 0) is 48.5 Å². The van der Waals surface area contributed by atoms with Crippen molar-refractivity contribution >= 4 is 19.5 Å². The third kappa shape index (κ3) is 5.68. The Kier molecular flexibility index (Phi) is 7.71. The van der Waals surface area contributed by atoms with Gasteiger partial charge in [0.15, 0.2) is 5.78 Å². The molecule has 9 heteroatoms. The second kappa shape index (κ2) is 8.06. The van der Waals surface area contributed by atoms with Crippen molar-refractivity contribution in [1.82, 2.24) is 5.48 Å². The fourth-order valence-electron chi connectivity index (χ4n) is 1.38. The molecule has 0 aliphatic carbocycles. The van der Waals surface area contributed by atoms with Crippen LogP contribution >= 0.6 is 7.60 Å². The number of hydroxylamine groups is 1. The first kappa shape index (κ1) is 21.0. The number of rotatable bonds is 8. The number of carbonyl (C=O) groups excluding carboxylic acids is 2. The first-order valence-electron chi connectivity index (χ1n) is 6.99. The van der Waals surface area contributed by atoms with E-state index in [0.717, 1.165) is 0 Å². The monoisotopic (exact) mass is 339 g/mol. The number of Topliss-reactive ketones (excluding diaryl/α,β-unsaturated/α-hetero) is 1. The maximum atomic E-state index is 12.8. The molecule has 0 rings (SSSR count). The highest BCUT2D eigenvalue weighted by Gasteiger charge is 2.54. The summed E-state index contributed by atoms with van der Waals surface area (Å²) in [5.74, 6) is -0.617. The minimum atomic E-state index is -3.95. The molecule has 0 aliphatic heterocycles. The molecule has 0 fully saturated rings. The fraction of sp³-hybridized carbons (Fsp3) is 0.846. The Morgan fingerprint density at radius 3 is 1.82 bits per heavy atom. The first-order valence-corrected chi connectivity index (χ1v) is 8.53. The molecule has 1 N–H and O–H groups in total. The number of ether oxygens (including phenoxy) is 1. The van der Waals surface area contributed by atoms with Crippen LogP contribution in [0.1, 0.15) is 48.5 Å². The Bertz CT molecular complexity index is 436. The molecule has 0 aromatic carbocycles. The summed E-state index contributed by atoms with van der Waals surface area (Å²) in [7, 11) is -3.95. The van der Waals surface area contributed by atoms with Crippen molar-refractivity contribution in [2.75, 3.05) is 13.2 Å². The van der Waals surface area contributed by atoms with Crippen LogP contribution in [0.2, 0.25) is 0 Å². The zero-order valence-electron chi connectivity index (χ0n) is 14.2. The lowest BCUT2D eigenvalue weighted by Gasteiger charge is -2.33. The largest absolute Gasteiger partial charge is 0.442 e. The van der Waals surface area contributed by atoms with Crippen LogP contribution in [0.5, 0.6) is 0 Å². The van der Waals surface area contributed by atoms with Crippen LogP contribution in [0, 0.1) is 0 Å². The summed E-state index contributed by atoms with van der Waals surface area (Å²) in [6.07, 6.45) is -0.917. The van der Waals surface area contributed by atoms with E-state index in [1.165, 1.54) is 13.8 Å². The van der Waals surface area contributed by atoms with Gasteiger partial charge in [0.2, 0.25) is 0 Å². The van der Waals surface area contributed by atoms with Crippen LogP contribution in [-0.2, 0) is 28.0 Å². The first-order chi connectivity index (χ1) is 9.92. The maximum Gasteiger partial charge on any atom is 0.431 e. The third-order valence-electron chi connectivity index (χ3n) is 2.51. The van der Waals surface area contributed by atoms with Gasteiger partial charge in [-0.2, -0.15) is 5.48 Å². The SMILES string of the molecule is CCOP(=O)(OCC)[C@@](C)(ONC(=O)OC(C)(C)C)C(C)=O. The van der Waals surface area contributed by atoms with E-state index in [1.54, 1.807) is 34.6 Å². The summed E-state index contributed by atoms with van der Waals surface area (Å²) in [6, 6.07) is 0. The van der Waals surface area contributed by atoms with E-state index in [9.17, 15) is 14.2 Å². The van der Waals surface area contributed by atoms with Crippen LogP contribution in [0.3, 0.4) is 0 Å². The zero-order valence-corrected chi connectivity index (χ0v) is 15.1. The molecule has 0 aromatic rings. The quantitative estimate of drug-likeness (QED) is 0.536. The van der Waals surface area contributed by atoms with Gasteiger partial charge in [0.25, 0.3) is 5.34 Å². The molecule has 0 saturated heterocycles. The van der Waals surface area contributed by atoms with E-state index in [1.807, 2.05) is 5.48 Å². The molecule has 0 saturated carbocycles. The number of carbonyl (C=O) groups is 2. The molecule has 1 atom stereocenters. The normalized spacial score (nSPS) is 15.0. The van der Waals surface area contributed by atoms with Gasteiger partial charge in [0.05, 0.1) is 13.2 Å². The Hall–Kier alpha value is -0.950. The van der Waals surface area contributed by atoms with Crippen LogP contribution in [0.4, 0.5) is 4.79 Å². The lowest BCUT2D eigenvalue weighted by Crippen LogP contribution is -2.45. The lowest BCUT2D eigenvalue weighted by molar-refractivity contribution is -0.139. The van der Waals surface area contributed by atoms with Crippen molar-refractivity contribution in [3.05, 3.63) is 0 Å². The predicted molar refractivity (Wildman–Crippen MR) is 80.4 cm³/mol. The summed E-state index contributed by atoms with van der Waals surface area (Å²) in [5.41, 5.74) is 1.22. The molecule has 0 aromatic heterocycles. The van der Waals surface area contributed by atoms with Crippen LogP contribution in [-0.4, -0.2) is 36.0 Å². The average molecular weight is 339 g/mol. The minimum absolute atomic E-state index is 0.0515. The number of hydrogen-bond acceptors (Lipinski definition) is 7. The Morgan fingerprint density at radius 2 is 1.50 bits per heavy atom. The summed E-state index contributed by atoms with van der Waals surface area (Å²) >= 11 is 0. The van der Waals surface area contributed by atoms with Gasteiger partial charge in [-0.1, -0.05) is 0 Å². The van der Waals surface area contributed by atoms with Gasteiger partial charge in [-0.15, -0.1) is 0 Å². The highest BCUT2D eigenvalue weighted by Crippen LogP contribution is 2.60. The molecule has 8 nitrogen and oxygen atoms in total. The minimum Gasteiger partial charge on any atom is -0.442 e. The lowest BCUT2D eigenvalue weighted by atomic mass is 10.2. The molecule has 0 bridgehead atoms. The van der Waals surface area contributed by atoms with E-state index >= 15 is 0 Å². The number of nitrogens with one attached hydrogen (secondary N) is 1. The van der Waals surface area contributed by atoms with Gasteiger partial charge in [0, 0.05) is 0 Å². The van der Waals surface area contributed by atoms with E-state index in [-0.39, 0.29) is 13.2 Å². The van der Waals surface area contributed by atoms with Crippen LogP contribution in [0.25, 0.3) is 0 Å². The topological polar surface area (TPSA) is 100 Å². The summed E-state index contributed by atoms with van der Waals surface area (Å²) < 4.78 is 28.0. The zero-order chi connectivity index (χ0) is 17.6. The molecule has 0 radical (unpaired) electrons. The Balaban J connectivity index is 5.22. The molecule has 130 valence electrons. The van der Waals surface area contributed by atoms with Crippen molar-refractivity contribution in [2.24, 2.45) is 0 Å². The van der Waals surface area contributed by atoms with Gasteiger partial charge >= 0.3 is 13.7 Å². The van der Waals surface area contributed by atoms with E-state index in [2.05, 4.69) is 0 Å². The fourth-order valence-corrected chi connectivity index (χ4v) is 3.17. The number of hydrogen-bond donors (Lipinski definition) is 1. The summed E-state index contributed by atoms with van der Waals surface area (Å²) in [4.78, 5) is 28.6. The standard InChI is InChI=1S/C13H26NO7P/c1-8-18-22(17,19-9-2)13(7,10(3)15)21-14-11(16)20-12(4,5)6/h8-9H2,1-7H3,(H,14,16)/t13-/m1/s1. The van der Waals surface area contributed by atoms with Gasteiger partial charge in [0.1, 0.15) is 5.60 Å². The Morgan fingerprint density at radius 1 is 1.05 bits per heavy atom. The summed E-state index contributed by atoms with van der Waals surface area (Å²) in [6.45, 7) is 10.7. The third-order valence-corrected chi connectivity index (χ3v) is 5.15. The Labute approximate surface area is 131 Å². The van der Waals surface area contributed by atoms with Crippen molar-refractivity contribution in [1.29, 1.82) is 0 Å². The summed E-state index contributed by atoms with van der Waals surface area (Å²) in [5, 5.41) is -1.98. The van der Waals surface area contributed by atoms with Gasteiger partial charge < -0.3 is 13.8 Å². The van der Waals surface area contributed by atoms with Crippen molar-refractivity contribution in [3.8, 4) is 0 Å². The van der Waals surface area contributed by atoms with Crippen molar-refractivity contribution < 1.29 is 32.8 Å². The van der Waals surface area contributed by atoms with Crippen LogP contribution in [0.15, 0.2) is 0 Å². The number of amides is 1. The van der Waals surface area contributed by atoms with Gasteiger partial charge in [-0.3, -0.25) is 9.36 Å². The molecule has 0 heterocycles. The molecule has 22 heavy (non-hydrogen) atoms. The smallest absolute Gasteiger partial charge is 0.431 e. The number of ketones is 1.